The lowest BCUT2D eigenvalue weighted by molar-refractivity contribution is 0.402. The Balaban J connectivity index is 2.14. The minimum Gasteiger partial charge on any atom is -0.0772 e. The summed E-state index contributed by atoms with van der Waals surface area (Å²) in [4.78, 5) is 0. The molecule has 0 bridgehead atoms. The van der Waals surface area contributed by atoms with Gasteiger partial charge in [-0.25, -0.2) is 0 Å². The molecule has 1 fully saturated rings. The summed E-state index contributed by atoms with van der Waals surface area (Å²) in [7, 11) is 2.51. The van der Waals surface area contributed by atoms with E-state index in [4.69, 9.17) is 0 Å². The van der Waals surface area contributed by atoms with Crippen LogP contribution >= 0.6 is 0 Å². The fourth-order valence-corrected chi connectivity index (χ4v) is 2.24. The van der Waals surface area contributed by atoms with Gasteiger partial charge < -0.3 is 0 Å². The average Bonchev–Trinajstić information content (AvgIpc) is 2.01. The summed E-state index contributed by atoms with van der Waals surface area (Å²) in [6.07, 6.45) is 11.8. The highest BCUT2D eigenvalue weighted by Crippen LogP contribution is 2.25. The van der Waals surface area contributed by atoms with Crippen LogP contribution in [0.1, 0.15) is 58.8 Å². The Hall–Kier alpha value is 0.0649. The Morgan fingerprint density at radius 3 is 2.08 bits per heavy atom. The first-order valence-electron chi connectivity index (χ1n) is 6.12. The van der Waals surface area contributed by atoms with Crippen molar-refractivity contribution in [1.82, 2.24) is 0 Å². The van der Waals surface area contributed by atoms with Gasteiger partial charge in [0.25, 0.3) is 0 Å². The van der Waals surface area contributed by atoms with E-state index in [9.17, 15) is 0 Å². The third-order valence-electron chi connectivity index (χ3n) is 3.17. The maximum Gasteiger partial charge on any atom is 0.113 e. The SMILES string of the molecule is CC(C)[B]CC1CCCCCCC1. The maximum atomic E-state index is 2.51. The highest BCUT2D eigenvalue weighted by Gasteiger charge is 2.11. The van der Waals surface area contributed by atoms with E-state index in [1.54, 1.807) is 0 Å². The first-order valence-corrected chi connectivity index (χ1v) is 6.12. The van der Waals surface area contributed by atoms with Gasteiger partial charge in [-0.05, 0) is 5.92 Å². The molecule has 0 aromatic rings. The Morgan fingerprint density at radius 1 is 1.00 bits per heavy atom. The summed E-state index contributed by atoms with van der Waals surface area (Å²) in [5, 5.41) is 0. The van der Waals surface area contributed by atoms with Gasteiger partial charge in [0, 0.05) is 0 Å². The zero-order valence-electron chi connectivity index (χ0n) is 9.39. The van der Waals surface area contributed by atoms with E-state index in [0.717, 1.165) is 11.7 Å². The molecule has 1 radical (unpaired) electrons. The van der Waals surface area contributed by atoms with Crippen LogP contribution in [-0.4, -0.2) is 7.28 Å². The monoisotopic (exact) mass is 179 g/mol. The Labute approximate surface area is 84.7 Å². The van der Waals surface area contributed by atoms with Crippen molar-refractivity contribution in [3.8, 4) is 0 Å². The lowest BCUT2D eigenvalue weighted by Crippen LogP contribution is -2.08. The fraction of sp³-hybridized carbons (Fsp3) is 1.00. The molecule has 0 unspecified atom stereocenters. The lowest BCUT2D eigenvalue weighted by atomic mass is 9.59. The predicted molar refractivity (Wildman–Crippen MR) is 61.5 cm³/mol. The number of rotatable bonds is 3. The van der Waals surface area contributed by atoms with E-state index in [-0.39, 0.29) is 0 Å². The van der Waals surface area contributed by atoms with E-state index < -0.39 is 0 Å². The largest absolute Gasteiger partial charge is 0.113 e. The molecule has 1 rings (SSSR count). The second kappa shape index (κ2) is 6.51. The molecular formula is C12H24B. The zero-order valence-corrected chi connectivity index (χ0v) is 9.39. The van der Waals surface area contributed by atoms with Crippen LogP contribution in [0, 0.1) is 5.92 Å². The quantitative estimate of drug-likeness (QED) is 0.566. The van der Waals surface area contributed by atoms with Crippen LogP contribution < -0.4 is 0 Å². The highest BCUT2D eigenvalue weighted by molar-refractivity contribution is 6.37. The summed E-state index contributed by atoms with van der Waals surface area (Å²) in [6, 6.07) is 0. The molecule has 1 heteroatoms. The third kappa shape index (κ3) is 5.39. The molecule has 0 nitrogen and oxygen atoms in total. The lowest BCUT2D eigenvalue weighted by Gasteiger charge is -2.19. The Bertz CT molecular complexity index is 112. The summed E-state index contributed by atoms with van der Waals surface area (Å²) in [6.45, 7) is 4.59. The van der Waals surface area contributed by atoms with Crippen molar-refractivity contribution >= 4 is 7.28 Å². The van der Waals surface area contributed by atoms with E-state index in [1.165, 1.54) is 51.3 Å². The van der Waals surface area contributed by atoms with Gasteiger partial charge in [-0.15, -0.1) is 0 Å². The molecule has 0 spiro atoms. The normalized spacial score (nSPS) is 21.2. The van der Waals surface area contributed by atoms with Crippen LogP contribution in [0.15, 0.2) is 0 Å². The highest BCUT2D eigenvalue weighted by atomic mass is 14.1. The van der Waals surface area contributed by atoms with Crippen molar-refractivity contribution < 1.29 is 0 Å². The van der Waals surface area contributed by atoms with Gasteiger partial charge in [-0.1, -0.05) is 70.9 Å². The molecule has 1 aliphatic carbocycles. The van der Waals surface area contributed by atoms with Crippen LogP contribution in [0.3, 0.4) is 0 Å². The Kier molecular flexibility index (Phi) is 5.58. The van der Waals surface area contributed by atoms with Crippen molar-refractivity contribution in [2.24, 2.45) is 5.92 Å². The van der Waals surface area contributed by atoms with E-state index >= 15 is 0 Å². The van der Waals surface area contributed by atoms with Crippen molar-refractivity contribution in [2.75, 3.05) is 0 Å². The first-order chi connectivity index (χ1) is 6.29. The maximum absolute atomic E-state index is 2.51. The molecular weight excluding hydrogens is 155 g/mol. The van der Waals surface area contributed by atoms with Crippen molar-refractivity contribution in [3.05, 3.63) is 0 Å². The molecule has 0 saturated heterocycles. The van der Waals surface area contributed by atoms with E-state index in [2.05, 4.69) is 21.1 Å². The summed E-state index contributed by atoms with van der Waals surface area (Å²) < 4.78 is 0. The molecule has 0 atom stereocenters. The zero-order chi connectivity index (χ0) is 9.52. The molecule has 0 aromatic carbocycles. The first kappa shape index (κ1) is 11.1. The average molecular weight is 179 g/mol. The standard InChI is InChI=1S/C12H24B/c1-11(2)13-10-12-8-6-4-3-5-7-9-12/h11-12H,3-10H2,1-2H3. The molecule has 75 valence electrons. The van der Waals surface area contributed by atoms with Crippen molar-refractivity contribution in [3.63, 3.8) is 0 Å². The number of hydrogen-bond acceptors (Lipinski definition) is 0. The topological polar surface area (TPSA) is 0 Å². The smallest absolute Gasteiger partial charge is 0.0772 e. The molecule has 0 aliphatic heterocycles. The Morgan fingerprint density at radius 2 is 1.54 bits per heavy atom. The molecule has 0 heterocycles. The molecule has 0 N–H and O–H groups in total. The second-order valence-corrected chi connectivity index (χ2v) is 4.93. The summed E-state index contributed by atoms with van der Waals surface area (Å²) in [5.41, 5.74) is 0. The van der Waals surface area contributed by atoms with E-state index in [0.29, 0.717) is 0 Å². The predicted octanol–water partition coefficient (Wildman–Crippen LogP) is 4.30. The summed E-state index contributed by atoms with van der Waals surface area (Å²) >= 11 is 0. The van der Waals surface area contributed by atoms with Crippen LogP contribution in [0.2, 0.25) is 12.1 Å². The van der Waals surface area contributed by atoms with Gasteiger partial charge in [0.05, 0.1) is 0 Å². The number of hydrogen-bond donors (Lipinski definition) is 0. The van der Waals surface area contributed by atoms with Gasteiger partial charge >= 0.3 is 0 Å². The third-order valence-corrected chi connectivity index (χ3v) is 3.17. The van der Waals surface area contributed by atoms with Crippen molar-refractivity contribution in [1.29, 1.82) is 0 Å². The fourth-order valence-electron chi connectivity index (χ4n) is 2.24. The van der Waals surface area contributed by atoms with E-state index in [1.807, 2.05) is 0 Å². The van der Waals surface area contributed by atoms with Gasteiger partial charge in [0.1, 0.15) is 7.28 Å². The molecule has 1 aliphatic rings. The minimum atomic E-state index is 0.783. The van der Waals surface area contributed by atoms with Gasteiger partial charge in [0.2, 0.25) is 0 Å². The van der Waals surface area contributed by atoms with Crippen LogP contribution in [0.25, 0.3) is 0 Å². The van der Waals surface area contributed by atoms with Crippen LogP contribution in [-0.2, 0) is 0 Å². The summed E-state index contributed by atoms with van der Waals surface area (Å²) in [5.74, 6) is 1.80. The minimum absolute atomic E-state index is 0.783. The molecule has 0 amide bonds. The van der Waals surface area contributed by atoms with Gasteiger partial charge in [-0.2, -0.15) is 0 Å². The van der Waals surface area contributed by atoms with Crippen LogP contribution in [0.4, 0.5) is 0 Å². The molecule has 0 aromatic heterocycles. The van der Waals surface area contributed by atoms with Gasteiger partial charge in [-0.3, -0.25) is 0 Å². The van der Waals surface area contributed by atoms with Crippen LogP contribution in [0.5, 0.6) is 0 Å². The second-order valence-electron chi connectivity index (χ2n) is 4.93. The van der Waals surface area contributed by atoms with Gasteiger partial charge in [0.15, 0.2) is 0 Å². The van der Waals surface area contributed by atoms with Crippen molar-refractivity contribution in [2.45, 2.75) is 70.9 Å². The molecule has 13 heavy (non-hydrogen) atoms. The molecule has 1 saturated carbocycles.